The summed E-state index contributed by atoms with van der Waals surface area (Å²) in [5.41, 5.74) is 1.32. The number of benzene rings is 1. The lowest BCUT2D eigenvalue weighted by molar-refractivity contribution is -0.113. The Morgan fingerprint density at radius 2 is 1.68 bits per heavy atom. The van der Waals surface area contributed by atoms with Gasteiger partial charge in [-0.15, -0.1) is 10.2 Å². The third-order valence-corrected chi connectivity index (χ3v) is 4.84. The summed E-state index contributed by atoms with van der Waals surface area (Å²) < 4.78 is 17.6. The summed E-state index contributed by atoms with van der Waals surface area (Å²) >= 11 is 0. The molecule has 0 atom stereocenters. The lowest BCUT2D eigenvalue weighted by Gasteiger charge is -2.31. The first-order chi connectivity index (χ1) is 15.0. The number of Topliss-reactive ketones (excluding diaryl/α,β-unsaturated/α-hetero) is 1. The van der Waals surface area contributed by atoms with Crippen molar-refractivity contribution < 1.29 is 24.1 Å². The number of hydrogen-bond donors (Lipinski definition) is 1. The van der Waals surface area contributed by atoms with E-state index in [0.29, 0.717) is 43.6 Å². The number of nitrogens with zero attached hydrogens (tertiary/aromatic N) is 3. The number of carbonyl (C=O) groups excluding carboxylic acids is 1. The van der Waals surface area contributed by atoms with Crippen molar-refractivity contribution in [2.45, 2.75) is 53.4 Å². The summed E-state index contributed by atoms with van der Waals surface area (Å²) in [6, 6.07) is 3.73. The summed E-state index contributed by atoms with van der Waals surface area (Å²) in [7, 11) is 0. The molecule has 31 heavy (non-hydrogen) atoms. The minimum atomic E-state index is -0.360. The van der Waals surface area contributed by atoms with E-state index >= 15 is 0 Å². The van der Waals surface area contributed by atoms with Gasteiger partial charge in [0.15, 0.2) is 11.5 Å². The van der Waals surface area contributed by atoms with Gasteiger partial charge in [-0.2, -0.15) is 0 Å². The van der Waals surface area contributed by atoms with E-state index in [-0.39, 0.29) is 17.2 Å². The molecule has 1 aromatic carbocycles. The highest BCUT2D eigenvalue weighted by Crippen LogP contribution is 2.41. The Hall–Kier alpha value is -2.61. The first-order valence-corrected chi connectivity index (χ1v) is 11.1. The van der Waals surface area contributed by atoms with Crippen LogP contribution in [0.5, 0.6) is 11.5 Å². The molecule has 1 fully saturated rings. The predicted octanol–water partition coefficient (Wildman–Crippen LogP) is 5.34. The molecule has 0 saturated carbocycles. The molecule has 0 aromatic heterocycles. The third-order valence-electron chi connectivity index (χ3n) is 4.84. The van der Waals surface area contributed by atoms with Gasteiger partial charge in [-0.1, -0.05) is 26.7 Å². The second kappa shape index (κ2) is 12.9. The Balaban J connectivity index is 2.47. The van der Waals surface area contributed by atoms with E-state index < -0.39 is 0 Å². The average molecular weight is 434 g/mol. The molecular formula is C23H35N3O5. The number of ketones is 1. The van der Waals surface area contributed by atoms with Crippen molar-refractivity contribution in [1.29, 1.82) is 0 Å². The van der Waals surface area contributed by atoms with Gasteiger partial charge >= 0.3 is 0 Å². The number of morpholine rings is 1. The van der Waals surface area contributed by atoms with Gasteiger partial charge in [-0.25, -0.2) is 0 Å². The van der Waals surface area contributed by atoms with Crippen molar-refractivity contribution in [3.8, 4) is 11.5 Å². The van der Waals surface area contributed by atoms with Crippen LogP contribution in [0.4, 0.5) is 11.4 Å². The molecule has 0 unspecified atom stereocenters. The molecule has 1 saturated heterocycles. The van der Waals surface area contributed by atoms with Gasteiger partial charge in [0.25, 0.3) is 0 Å². The molecule has 0 amide bonds. The van der Waals surface area contributed by atoms with Gasteiger partial charge in [0, 0.05) is 32.1 Å². The smallest absolute Gasteiger partial charge is 0.183 e. The monoisotopic (exact) mass is 433 g/mol. The summed E-state index contributed by atoms with van der Waals surface area (Å²) in [5.74, 6) is 0.733. The maximum absolute atomic E-state index is 11.8. The van der Waals surface area contributed by atoms with Gasteiger partial charge in [0.1, 0.15) is 22.9 Å². The molecule has 0 bridgehead atoms. The van der Waals surface area contributed by atoms with Gasteiger partial charge in [-0.05, 0) is 19.8 Å². The number of aliphatic hydroxyl groups excluding tert-OH is 1. The average Bonchev–Trinajstić information content (AvgIpc) is 2.75. The molecule has 2 rings (SSSR count). The topological polar surface area (TPSA) is 93.0 Å². The highest BCUT2D eigenvalue weighted by Gasteiger charge is 2.20. The maximum atomic E-state index is 11.8. The summed E-state index contributed by atoms with van der Waals surface area (Å²) in [5, 5.41) is 18.0. The molecule has 8 heteroatoms. The fourth-order valence-corrected chi connectivity index (χ4v) is 3.05. The molecule has 8 nitrogen and oxygen atoms in total. The number of allylic oxidation sites excluding steroid dienone is 2. The zero-order chi connectivity index (χ0) is 22.6. The van der Waals surface area contributed by atoms with Crippen molar-refractivity contribution >= 4 is 17.2 Å². The lowest BCUT2D eigenvalue weighted by Crippen LogP contribution is -2.36. The Labute approximate surface area is 184 Å². The molecule has 0 radical (unpaired) electrons. The van der Waals surface area contributed by atoms with Crippen LogP contribution >= 0.6 is 0 Å². The second-order valence-electron chi connectivity index (χ2n) is 7.48. The Bertz CT molecular complexity index is 782. The molecular weight excluding hydrogens is 398 g/mol. The number of azo groups is 1. The second-order valence-corrected chi connectivity index (χ2v) is 7.48. The number of aliphatic hydroxyl groups is 1. The van der Waals surface area contributed by atoms with Gasteiger partial charge < -0.3 is 24.2 Å². The molecule has 172 valence electrons. The number of rotatable bonds is 12. The van der Waals surface area contributed by atoms with Crippen molar-refractivity contribution in [1.82, 2.24) is 0 Å². The van der Waals surface area contributed by atoms with E-state index in [1.165, 1.54) is 13.8 Å². The third kappa shape index (κ3) is 7.54. The lowest BCUT2D eigenvalue weighted by atomic mass is 10.2. The Morgan fingerprint density at radius 3 is 2.23 bits per heavy atom. The number of carbonyl (C=O) groups is 1. The molecule has 0 aliphatic carbocycles. The van der Waals surface area contributed by atoms with Crippen LogP contribution < -0.4 is 14.4 Å². The fourth-order valence-electron chi connectivity index (χ4n) is 3.05. The minimum Gasteiger partial charge on any atom is -0.510 e. The predicted molar refractivity (Wildman–Crippen MR) is 121 cm³/mol. The SMILES string of the molecule is CCCCOc1cc(N2CCOCC2)c(OCCCC)cc1N=NC(C(C)=O)=C(C)O. The van der Waals surface area contributed by atoms with Gasteiger partial charge in [0.2, 0.25) is 0 Å². The first kappa shape index (κ1) is 24.7. The van der Waals surface area contributed by atoms with Crippen LogP contribution in [0.15, 0.2) is 33.8 Å². The molecule has 1 aliphatic heterocycles. The Kier molecular flexibility index (Phi) is 10.3. The molecule has 1 aromatic rings. The van der Waals surface area contributed by atoms with E-state index in [1.54, 1.807) is 6.07 Å². The molecule has 1 aliphatic rings. The standard InChI is InChI=1S/C23H35N3O5/c1-5-7-11-30-21-16-20(26-9-13-29-14-10-26)22(31-12-8-6-2)15-19(21)24-25-23(17(3)27)18(4)28/h15-16,27H,5-14H2,1-4H3. The van der Waals surface area contributed by atoms with E-state index in [4.69, 9.17) is 14.2 Å². The van der Waals surface area contributed by atoms with Crippen LogP contribution in [-0.4, -0.2) is 50.4 Å². The van der Waals surface area contributed by atoms with Crippen LogP contribution in [-0.2, 0) is 9.53 Å². The number of ether oxygens (including phenoxy) is 3. The minimum absolute atomic E-state index is 0.0785. The number of hydrogen-bond acceptors (Lipinski definition) is 8. The van der Waals surface area contributed by atoms with Crippen LogP contribution in [0.25, 0.3) is 0 Å². The van der Waals surface area contributed by atoms with Crippen molar-refractivity contribution in [2.75, 3.05) is 44.4 Å². The van der Waals surface area contributed by atoms with Crippen LogP contribution in [0.3, 0.4) is 0 Å². The zero-order valence-electron chi connectivity index (χ0n) is 19.1. The van der Waals surface area contributed by atoms with E-state index in [1.807, 2.05) is 6.07 Å². The molecule has 1 N–H and O–H groups in total. The summed E-state index contributed by atoms with van der Waals surface area (Å²) in [4.78, 5) is 14.0. The zero-order valence-corrected chi connectivity index (χ0v) is 19.1. The van der Waals surface area contributed by atoms with Gasteiger partial charge in [0.05, 0.1) is 32.1 Å². The van der Waals surface area contributed by atoms with E-state index in [9.17, 15) is 9.90 Å². The highest BCUT2D eigenvalue weighted by atomic mass is 16.5. The van der Waals surface area contributed by atoms with E-state index in [2.05, 4.69) is 29.0 Å². The van der Waals surface area contributed by atoms with Crippen molar-refractivity contribution in [2.24, 2.45) is 10.2 Å². The Morgan fingerprint density at radius 1 is 1.06 bits per heavy atom. The molecule has 0 spiro atoms. The van der Waals surface area contributed by atoms with Gasteiger partial charge in [-0.3, -0.25) is 4.79 Å². The quantitative estimate of drug-likeness (QED) is 0.207. The first-order valence-electron chi connectivity index (χ1n) is 11.1. The summed E-state index contributed by atoms with van der Waals surface area (Å²) in [6.45, 7) is 10.9. The van der Waals surface area contributed by atoms with Crippen LogP contribution in [0.1, 0.15) is 53.4 Å². The highest BCUT2D eigenvalue weighted by molar-refractivity contribution is 5.93. The van der Waals surface area contributed by atoms with Crippen molar-refractivity contribution in [3.05, 3.63) is 23.6 Å². The fraction of sp³-hybridized carbons (Fsp3) is 0.609. The van der Waals surface area contributed by atoms with Crippen LogP contribution in [0, 0.1) is 0 Å². The number of anilines is 1. The normalized spacial score (nSPS) is 15.2. The van der Waals surface area contributed by atoms with Crippen LogP contribution in [0.2, 0.25) is 0 Å². The largest absolute Gasteiger partial charge is 0.510 e. The van der Waals surface area contributed by atoms with Crippen molar-refractivity contribution in [3.63, 3.8) is 0 Å². The maximum Gasteiger partial charge on any atom is 0.183 e. The number of unbranched alkanes of at least 4 members (excludes halogenated alkanes) is 2. The van der Waals surface area contributed by atoms with E-state index in [0.717, 1.165) is 44.5 Å². The summed E-state index contributed by atoms with van der Waals surface area (Å²) in [6.07, 6.45) is 3.88. The molecule has 1 heterocycles.